The molecular formula is C12H14Cl2N2O2S2. The van der Waals surface area contributed by atoms with Crippen molar-refractivity contribution in [1.29, 1.82) is 0 Å². The SMILES string of the molecule is Cl.N[C@@H]1CCN(S(=O)(=O)c2csc3ccc(Cl)cc23)C1. The van der Waals surface area contributed by atoms with Gasteiger partial charge < -0.3 is 5.73 Å². The van der Waals surface area contributed by atoms with Gasteiger partial charge in [0.25, 0.3) is 0 Å². The number of hydrogen-bond donors (Lipinski definition) is 1. The summed E-state index contributed by atoms with van der Waals surface area (Å²) >= 11 is 7.37. The van der Waals surface area contributed by atoms with Gasteiger partial charge in [0.2, 0.25) is 10.0 Å². The molecule has 1 aromatic carbocycles. The van der Waals surface area contributed by atoms with Crippen LogP contribution >= 0.6 is 35.3 Å². The molecule has 1 aromatic heterocycles. The van der Waals surface area contributed by atoms with Gasteiger partial charge in [0.05, 0.1) is 0 Å². The van der Waals surface area contributed by atoms with Gasteiger partial charge in [0.15, 0.2) is 0 Å². The summed E-state index contributed by atoms with van der Waals surface area (Å²) < 4.78 is 27.6. The molecule has 0 aliphatic carbocycles. The van der Waals surface area contributed by atoms with E-state index in [2.05, 4.69) is 0 Å². The van der Waals surface area contributed by atoms with E-state index in [1.165, 1.54) is 15.6 Å². The monoisotopic (exact) mass is 352 g/mol. The molecule has 1 aliphatic heterocycles. The maximum Gasteiger partial charge on any atom is 0.244 e. The Morgan fingerprint density at radius 3 is 2.80 bits per heavy atom. The Morgan fingerprint density at radius 1 is 1.40 bits per heavy atom. The average Bonchev–Trinajstić information content (AvgIpc) is 2.95. The number of nitrogens with zero attached hydrogens (tertiary/aromatic N) is 1. The summed E-state index contributed by atoms with van der Waals surface area (Å²) in [6.07, 6.45) is 0.710. The van der Waals surface area contributed by atoms with Crippen LogP contribution in [0.15, 0.2) is 28.5 Å². The van der Waals surface area contributed by atoms with Crippen molar-refractivity contribution in [1.82, 2.24) is 4.31 Å². The minimum Gasteiger partial charge on any atom is -0.326 e. The van der Waals surface area contributed by atoms with Gasteiger partial charge >= 0.3 is 0 Å². The van der Waals surface area contributed by atoms with E-state index in [1.54, 1.807) is 17.5 Å². The van der Waals surface area contributed by atoms with Crippen LogP contribution in [0.3, 0.4) is 0 Å². The summed E-state index contributed by atoms with van der Waals surface area (Å²) in [6.45, 7) is 0.877. The van der Waals surface area contributed by atoms with Crippen molar-refractivity contribution in [2.24, 2.45) is 5.73 Å². The molecule has 1 fully saturated rings. The first-order valence-electron chi connectivity index (χ1n) is 5.91. The predicted molar refractivity (Wildman–Crippen MR) is 85.4 cm³/mol. The molecule has 2 aromatic rings. The standard InChI is InChI=1S/C12H13ClN2O2S2.ClH/c13-8-1-2-11-10(5-8)12(7-18-11)19(16,17)15-4-3-9(14)6-15;/h1-2,5,7,9H,3-4,6,14H2;1H/t9-;/m1./s1. The van der Waals surface area contributed by atoms with Gasteiger partial charge in [-0.15, -0.1) is 23.7 Å². The van der Waals surface area contributed by atoms with Crippen LogP contribution in [0, 0.1) is 0 Å². The fraction of sp³-hybridized carbons (Fsp3) is 0.333. The molecule has 0 unspecified atom stereocenters. The van der Waals surface area contributed by atoms with Crippen LogP contribution in [0.4, 0.5) is 0 Å². The minimum absolute atomic E-state index is 0. The van der Waals surface area contributed by atoms with Crippen LogP contribution < -0.4 is 5.73 Å². The molecule has 110 valence electrons. The fourth-order valence-electron chi connectivity index (χ4n) is 2.29. The molecule has 2 heterocycles. The van der Waals surface area contributed by atoms with Crippen molar-refractivity contribution in [3.8, 4) is 0 Å². The lowest BCUT2D eigenvalue weighted by Crippen LogP contribution is -2.31. The molecule has 4 nitrogen and oxygen atoms in total. The Bertz CT molecular complexity index is 730. The highest BCUT2D eigenvalue weighted by atomic mass is 35.5. The van der Waals surface area contributed by atoms with Gasteiger partial charge in [-0.2, -0.15) is 4.31 Å². The number of nitrogens with two attached hydrogens (primary N) is 1. The number of hydrogen-bond acceptors (Lipinski definition) is 4. The molecule has 20 heavy (non-hydrogen) atoms. The fourth-order valence-corrected chi connectivity index (χ4v) is 5.42. The molecule has 0 bridgehead atoms. The molecule has 8 heteroatoms. The second-order valence-corrected chi connectivity index (χ2v) is 7.91. The van der Waals surface area contributed by atoms with E-state index in [-0.39, 0.29) is 18.4 Å². The van der Waals surface area contributed by atoms with Crippen LogP contribution in [0.5, 0.6) is 0 Å². The highest BCUT2D eigenvalue weighted by molar-refractivity contribution is 7.89. The van der Waals surface area contributed by atoms with Gasteiger partial charge in [-0.25, -0.2) is 8.42 Å². The normalized spacial score (nSPS) is 20.2. The van der Waals surface area contributed by atoms with E-state index >= 15 is 0 Å². The number of fused-ring (bicyclic) bond motifs is 1. The van der Waals surface area contributed by atoms with E-state index in [1.807, 2.05) is 6.07 Å². The van der Waals surface area contributed by atoms with Gasteiger partial charge in [0, 0.05) is 39.6 Å². The largest absolute Gasteiger partial charge is 0.326 e. The van der Waals surface area contributed by atoms with Crippen molar-refractivity contribution in [3.05, 3.63) is 28.6 Å². The number of benzene rings is 1. The number of rotatable bonds is 2. The molecular weight excluding hydrogens is 339 g/mol. The van der Waals surface area contributed by atoms with E-state index in [0.717, 1.165) is 4.70 Å². The lowest BCUT2D eigenvalue weighted by molar-refractivity contribution is 0.473. The van der Waals surface area contributed by atoms with Crippen molar-refractivity contribution in [2.75, 3.05) is 13.1 Å². The maximum atomic E-state index is 12.6. The molecule has 0 saturated carbocycles. The zero-order chi connectivity index (χ0) is 13.6. The first-order chi connectivity index (χ1) is 8.98. The lowest BCUT2D eigenvalue weighted by atomic mass is 10.3. The summed E-state index contributed by atoms with van der Waals surface area (Å²) in [5.74, 6) is 0. The first kappa shape index (κ1) is 16.0. The summed E-state index contributed by atoms with van der Waals surface area (Å²) in [4.78, 5) is 0.337. The van der Waals surface area contributed by atoms with Gasteiger partial charge in [-0.1, -0.05) is 11.6 Å². The second-order valence-electron chi connectivity index (χ2n) is 4.65. The summed E-state index contributed by atoms with van der Waals surface area (Å²) in [5, 5.41) is 2.92. The Kier molecular flexibility index (Phi) is 4.63. The van der Waals surface area contributed by atoms with Crippen molar-refractivity contribution >= 4 is 55.5 Å². The summed E-state index contributed by atoms with van der Waals surface area (Å²) in [7, 11) is -3.47. The maximum absolute atomic E-state index is 12.6. The summed E-state index contributed by atoms with van der Waals surface area (Å²) in [5.41, 5.74) is 5.79. The van der Waals surface area contributed by atoms with Gasteiger partial charge in [-0.05, 0) is 24.6 Å². The quantitative estimate of drug-likeness (QED) is 0.903. The highest BCUT2D eigenvalue weighted by Gasteiger charge is 2.32. The molecule has 1 atom stereocenters. The Morgan fingerprint density at radius 2 is 2.15 bits per heavy atom. The van der Waals surface area contributed by atoms with E-state index < -0.39 is 10.0 Å². The summed E-state index contributed by atoms with van der Waals surface area (Å²) in [6, 6.07) is 5.25. The number of halogens is 2. The zero-order valence-electron chi connectivity index (χ0n) is 10.5. The van der Waals surface area contributed by atoms with Crippen molar-refractivity contribution in [2.45, 2.75) is 17.4 Å². The predicted octanol–water partition coefficient (Wildman–Crippen LogP) is 2.70. The van der Waals surface area contributed by atoms with Crippen LogP contribution in [0.2, 0.25) is 5.02 Å². The molecule has 2 N–H and O–H groups in total. The molecule has 1 aliphatic rings. The van der Waals surface area contributed by atoms with Gasteiger partial charge in [0.1, 0.15) is 4.90 Å². The number of sulfonamides is 1. The first-order valence-corrected chi connectivity index (χ1v) is 8.61. The van der Waals surface area contributed by atoms with Crippen molar-refractivity contribution in [3.63, 3.8) is 0 Å². The lowest BCUT2D eigenvalue weighted by Gasteiger charge is -2.15. The molecule has 0 amide bonds. The third-order valence-electron chi connectivity index (χ3n) is 3.31. The Labute approximate surface area is 133 Å². The smallest absolute Gasteiger partial charge is 0.244 e. The Hall–Kier alpha value is -0.370. The minimum atomic E-state index is -3.47. The van der Waals surface area contributed by atoms with Crippen LogP contribution in [-0.4, -0.2) is 31.9 Å². The van der Waals surface area contributed by atoms with E-state index in [9.17, 15) is 8.42 Å². The van der Waals surface area contributed by atoms with Crippen LogP contribution in [0.1, 0.15) is 6.42 Å². The Balaban J connectivity index is 0.00000147. The van der Waals surface area contributed by atoms with Crippen LogP contribution in [0.25, 0.3) is 10.1 Å². The molecule has 1 saturated heterocycles. The second kappa shape index (κ2) is 5.79. The molecule has 0 radical (unpaired) electrons. The van der Waals surface area contributed by atoms with E-state index in [4.69, 9.17) is 17.3 Å². The van der Waals surface area contributed by atoms with Crippen molar-refractivity contribution < 1.29 is 8.42 Å². The zero-order valence-corrected chi connectivity index (χ0v) is 13.7. The molecule has 0 spiro atoms. The van der Waals surface area contributed by atoms with E-state index in [0.29, 0.717) is 34.8 Å². The van der Waals surface area contributed by atoms with Crippen LogP contribution in [-0.2, 0) is 10.0 Å². The third kappa shape index (κ3) is 2.68. The highest BCUT2D eigenvalue weighted by Crippen LogP contribution is 2.34. The number of thiophene rings is 1. The molecule has 3 rings (SSSR count). The van der Waals surface area contributed by atoms with Gasteiger partial charge in [-0.3, -0.25) is 0 Å². The average molecular weight is 353 g/mol. The third-order valence-corrected chi connectivity index (χ3v) is 6.56. The topological polar surface area (TPSA) is 63.4 Å².